The zero-order chi connectivity index (χ0) is 22.7. The van der Waals surface area contributed by atoms with E-state index in [0.29, 0.717) is 0 Å². The number of hydrogen-bond donors (Lipinski definition) is 2. The highest BCUT2D eigenvalue weighted by molar-refractivity contribution is 7.91. The molecule has 0 aliphatic carbocycles. The van der Waals surface area contributed by atoms with Gasteiger partial charge in [0.2, 0.25) is 11.8 Å². The Labute approximate surface area is 185 Å². The van der Waals surface area contributed by atoms with Gasteiger partial charge in [0.05, 0.1) is 21.3 Å². The van der Waals surface area contributed by atoms with Crippen molar-refractivity contribution in [3.05, 3.63) is 60.7 Å². The van der Waals surface area contributed by atoms with Crippen molar-refractivity contribution in [1.29, 1.82) is 0 Å². The van der Waals surface area contributed by atoms with Gasteiger partial charge < -0.3 is 10.6 Å². The van der Waals surface area contributed by atoms with E-state index in [1.807, 2.05) is 0 Å². The molecule has 8 nitrogen and oxygen atoms in total. The molecule has 3 rings (SSSR count). The van der Waals surface area contributed by atoms with Gasteiger partial charge in [-0.25, -0.2) is 16.8 Å². The van der Waals surface area contributed by atoms with Crippen molar-refractivity contribution in [3.63, 3.8) is 0 Å². The Morgan fingerprint density at radius 3 is 1.39 bits per heavy atom. The second-order valence-electron chi connectivity index (χ2n) is 7.08. The van der Waals surface area contributed by atoms with Crippen molar-refractivity contribution >= 4 is 48.8 Å². The molecule has 0 bridgehead atoms. The van der Waals surface area contributed by atoms with Gasteiger partial charge >= 0.3 is 0 Å². The summed E-state index contributed by atoms with van der Waals surface area (Å²) in [5, 5.41) is 4.44. The molecule has 0 atom stereocenters. The highest BCUT2D eigenvalue weighted by Gasteiger charge is 2.50. The molecule has 2 aromatic rings. The standard InChI is InChI=1S/C20H20N2O6S3/c23-17-20(18(24)22-19(29)21-17,11-13-30(25,26)15-7-3-1-4-8-15)12-14-31(27,28)16-9-5-2-6-10-16/h1-10H,11-14H2,(H2,21,22,23,24,29). The monoisotopic (exact) mass is 480 g/mol. The lowest BCUT2D eigenvalue weighted by atomic mass is 9.79. The van der Waals surface area contributed by atoms with Crippen molar-refractivity contribution in [2.75, 3.05) is 11.5 Å². The number of hydrogen-bond acceptors (Lipinski definition) is 7. The maximum absolute atomic E-state index is 12.8. The average Bonchev–Trinajstić information content (AvgIpc) is 2.74. The second-order valence-corrected chi connectivity index (χ2v) is 11.7. The first kappa shape index (κ1) is 23.0. The van der Waals surface area contributed by atoms with Crippen LogP contribution in [0.1, 0.15) is 12.8 Å². The zero-order valence-corrected chi connectivity index (χ0v) is 18.7. The minimum absolute atomic E-state index is 0.0502. The summed E-state index contributed by atoms with van der Waals surface area (Å²) < 4.78 is 50.8. The second kappa shape index (κ2) is 8.85. The van der Waals surface area contributed by atoms with E-state index in [9.17, 15) is 26.4 Å². The van der Waals surface area contributed by atoms with E-state index >= 15 is 0 Å². The SMILES string of the molecule is O=C1NC(=S)NC(=O)C1(CCS(=O)(=O)c1ccccc1)CCS(=O)(=O)c1ccccc1. The number of carbonyl (C=O) groups excluding carboxylic acids is 2. The van der Waals surface area contributed by atoms with Crippen LogP contribution in [0.4, 0.5) is 0 Å². The molecule has 1 heterocycles. The molecular weight excluding hydrogens is 460 g/mol. The molecule has 11 heteroatoms. The fourth-order valence-electron chi connectivity index (χ4n) is 3.27. The van der Waals surface area contributed by atoms with E-state index in [-0.39, 0.29) is 14.9 Å². The van der Waals surface area contributed by atoms with Crippen LogP contribution in [0.3, 0.4) is 0 Å². The molecule has 2 N–H and O–H groups in total. The van der Waals surface area contributed by atoms with Gasteiger partial charge in [-0.15, -0.1) is 0 Å². The lowest BCUT2D eigenvalue weighted by molar-refractivity contribution is -0.143. The van der Waals surface area contributed by atoms with Gasteiger partial charge in [-0.3, -0.25) is 9.59 Å². The summed E-state index contributed by atoms with van der Waals surface area (Å²) in [6, 6.07) is 15.2. The molecule has 1 aliphatic rings. The molecule has 164 valence electrons. The summed E-state index contributed by atoms with van der Waals surface area (Å²) in [5.74, 6) is -2.66. The van der Waals surface area contributed by atoms with Gasteiger partial charge in [-0.2, -0.15) is 0 Å². The molecule has 0 spiro atoms. The predicted octanol–water partition coefficient (Wildman–Crippen LogP) is 1.23. The zero-order valence-electron chi connectivity index (χ0n) is 16.3. The summed E-state index contributed by atoms with van der Waals surface area (Å²) in [5.41, 5.74) is -1.90. The normalized spacial score (nSPS) is 16.5. The van der Waals surface area contributed by atoms with Crippen molar-refractivity contribution in [1.82, 2.24) is 10.6 Å². The van der Waals surface area contributed by atoms with E-state index in [0.717, 1.165) is 0 Å². The molecule has 0 radical (unpaired) electrons. The molecule has 1 saturated heterocycles. The first-order valence-corrected chi connectivity index (χ1v) is 13.0. The number of rotatable bonds is 8. The Bertz CT molecular complexity index is 1110. The minimum atomic E-state index is -3.81. The van der Waals surface area contributed by atoms with Gasteiger partial charge in [0.15, 0.2) is 24.8 Å². The van der Waals surface area contributed by atoms with Crippen LogP contribution in [0.5, 0.6) is 0 Å². The van der Waals surface area contributed by atoms with E-state index < -0.39 is 61.3 Å². The Morgan fingerprint density at radius 2 is 1.03 bits per heavy atom. The van der Waals surface area contributed by atoms with Crippen LogP contribution < -0.4 is 10.6 Å². The number of carbonyl (C=O) groups is 2. The molecule has 1 aliphatic heterocycles. The highest BCUT2D eigenvalue weighted by Crippen LogP contribution is 2.33. The minimum Gasteiger partial charge on any atom is -0.302 e. The van der Waals surface area contributed by atoms with Crippen LogP contribution in [-0.4, -0.2) is 45.3 Å². The number of nitrogens with one attached hydrogen (secondary N) is 2. The van der Waals surface area contributed by atoms with Crippen molar-refractivity contribution in [2.24, 2.45) is 5.41 Å². The third kappa shape index (κ3) is 5.00. The quantitative estimate of drug-likeness (QED) is 0.430. The molecule has 2 aromatic carbocycles. The summed E-state index contributed by atoms with van der Waals surface area (Å²) in [6.07, 6.45) is -0.788. The van der Waals surface area contributed by atoms with E-state index in [4.69, 9.17) is 12.2 Å². The number of sulfone groups is 2. The molecule has 2 amide bonds. The number of thiocarbonyl (C=S) groups is 1. The molecule has 0 unspecified atom stereocenters. The van der Waals surface area contributed by atoms with Crippen LogP contribution in [0.25, 0.3) is 0 Å². The molecule has 0 aromatic heterocycles. The average molecular weight is 481 g/mol. The predicted molar refractivity (Wildman–Crippen MR) is 118 cm³/mol. The van der Waals surface area contributed by atoms with Crippen LogP contribution >= 0.6 is 12.2 Å². The Morgan fingerprint density at radius 1 is 0.677 bits per heavy atom. The third-order valence-corrected chi connectivity index (χ3v) is 8.79. The largest absolute Gasteiger partial charge is 0.302 e. The Hall–Kier alpha value is -2.63. The lowest BCUT2D eigenvalue weighted by Crippen LogP contribution is -2.63. The van der Waals surface area contributed by atoms with E-state index in [2.05, 4.69) is 10.6 Å². The van der Waals surface area contributed by atoms with E-state index in [1.54, 1.807) is 36.4 Å². The fourth-order valence-corrected chi connectivity index (χ4v) is 6.30. The molecular formula is C20H20N2O6S3. The van der Waals surface area contributed by atoms with Gasteiger partial charge in [-0.05, 0) is 49.3 Å². The lowest BCUT2D eigenvalue weighted by Gasteiger charge is -2.35. The van der Waals surface area contributed by atoms with Crippen molar-refractivity contribution < 1.29 is 26.4 Å². The molecule has 1 fully saturated rings. The summed E-state index contributed by atoms with van der Waals surface area (Å²) in [6.45, 7) is 0. The highest BCUT2D eigenvalue weighted by atomic mass is 32.2. The number of amides is 2. The van der Waals surface area contributed by atoms with Crippen LogP contribution in [-0.2, 0) is 29.3 Å². The summed E-state index contributed by atoms with van der Waals surface area (Å²) in [4.78, 5) is 25.7. The maximum atomic E-state index is 12.8. The maximum Gasteiger partial charge on any atom is 0.241 e. The third-order valence-electron chi connectivity index (χ3n) is 5.12. The smallest absolute Gasteiger partial charge is 0.241 e. The van der Waals surface area contributed by atoms with Crippen LogP contribution in [0.2, 0.25) is 0 Å². The summed E-state index contributed by atoms with van der Waals surface area (Å²) >= 11 is 4.83. The van der Waals surface area contributed by atoms with E-state index in [1.165, 1.54) is 24.3 Å². The van der Waals surface area contributed by atoms with Gasteiger partial charge in [0, 0.05) is 0 Å². The topological polar surface area (TPSA) is 126 Å². The van der Waals surface area contributed by atoms with Crippen molar-refractivity contribution in [3.8, 4) is 0 Å². The van der Waals surface area contributed by atoms with Crippen molar-refractivity contribution in [2.45, 2.75) is 22.6 Å². The summed E-state index contributed by atoms with van der Waals surface area (Å²) in [7, 11) is -7.61. The van der Waals surface area contributed by atoms with Gasteiger partial charge in [0.1, 0.15) is 5.41 Å². The number of benzene rings is 2. The van der Waals surface area contributed by atoms with Gasteiger partial charge in [-0.1, -0.05) is 36.4 Å². The Balaban J connectivity index is 1.89. The fraction of sp³-hybridized carbons (Fsp3) is 0.250. The molecule has 0 saturated carbocycles. The Kier molecular flexibility index (Phi) is 6.58. The molecule has 31 heavy (non-hydrogen) atoms. The van der Waals surface area contributed by atoms with Crippen LogP contribution in [0, 0.1) is 5.41 Å². The van der Waals surface area contributed by atoms with Gasteiger partial charge in [0.25, 0.3) is 0 Å². The first-order chi connectivity index (χ1) is 14.6. The van der Waals surface area contributed by atoms with Crippen LogP contribution in [0.15, 0.2) is 70.5 Å². The first-order valence-electron chi connectivity index (χ1n) is 9.29.